The smallest absolute Gasteiger partial charge is 0.240 e. The lowest BCUT2D eigenvalue weighted by molar-refractivity contribution is 0.408. The zero-order chi connectivity index (χ0) is 15.5. The molecule has 1 aliphatic rings. The van der Waals surface area contributed by atoms with Crippen molar-refractivity contribution in [1.29, 1.82) is 0 Å². The van der Waals surface area contributed by atoms with Gasteiger partial charge in [-0.1, -0.05) is 13.3 Å². The van der Waals surface area contributed by atoms with Crippen LogP contribution in [-0.2, 0) is 16.6 Å². The average molecular weight is 312 g/mol. The van der Waals surface area contributed by atoms with E-state index >= 15 is 0 Å². The van der Waals surface area contributed by atoms with E-state index in [0.29, 0.717) is 23.1 Å². The zero-order valence-electron chi connectivity index (χ0n) is 12.8. The monoisotopic (exact) mass is 312 g/mol. The van der Waals surface area contributed by atoms with Crippen LogP contribution in [0.2, 0.25) is 0 Å². The Bertz CT molecular complexity index is 587. The molecule has 0 bridgehead atoms. The minimum Gasteiger partial charge on any atom is -0.496 e. The fourth-order valence-corrected chi connectivity index (χ4v) is 3.97. The number of methoxy groups -OCH3 is 1. The summed E-state index contributed by atoms with van der Waals surface area (Å²) in [5, 5.41) is 3.02. The SMILES string of the molecule is CCCC1CC1NS(=O)(=O)c1ccc(OC)c(CNC)c1. The molecule has 1 aliphatic carbocycles. The fourth-order valence-electron chi connectivity index (χ4n) is 2.60. The first-order chi connectivity index (χ1) is 10.0. The van der Waals surface area contributed by atoms with E-state index in [2.05, 4.69) is 17.0 Å². The van der Waals surface area contributed by atoms with Gasteiger partial charge in [0, 0.05) is 18.2 Å². The van der Waals surface area contributed by atoms with Crippen LogP contribution in [0.1, 0.15) is 31.7 Å². The Hall–Kier alpha value is -1.11. The second-order valence-corrected chi connectivity index (χ2v) is 7.23. The summed E-state index contributed by atoms with van der Waals surface area (Å²) in [7, 11) is -0.0457. The van der Waals surface area contributed by atoms with Crippen LogP contribution >= 0.6 is 0 Å². The third kappa shape index (κ3) is 3.96. The van der Waals surface area contributed by atoms with Gasteiger partial charge in [-0.15, -0.1) is 0 Å². The maximum atomic E-state index is 12.4. The summed E-state index contributed by atoms with van der Waals surface area (Å²) in [6.07, 6.45) is 3.13. The minimum absolute atomic E-state index is 0.102. The molecule has 0 amide bonds. The lowest BCUT2D eigenvalue weighted by Crippen LogP contribution is -2.27. The van der Waals surface area contributed by atoms with Crippen molar-refractivity contribution in [3.8, 4) is 5.75 Å². The molecule has 2 N–H and O–H groups in total. The van der Waals surface area contributed by atoms with Gasteiger partial charge in [0.25, 0.3) is 0 Å². The van der Waals surface area contributed by atoms with Crippen LogP contribution < -0.4 is 14.8 Å². The summed E-state index contributed by atoms with van der Waals surface area (Å²) in [5.41, 5.74) is 0.837. The van der Waals surface area contributed by atoms with Gasteiger partial charge in [-0.2, -0.15) is 0 Å². The van der Waals surface area contributed by atoms with E-state index in [-0.39, 0.29) is 6.04 Å². The van der Waals surface area contributed by atoms with Crippen molar-refractivity contribution in [2.24, 2.45) is 5.92 Å². The summed E-state index contributed by atoms with van der Waals surface area (Å²) in [5.74, 6) is 1.19. The lowest BCUT2D eigenvalue weighted by atomic mass is 10.2. The summed E-state index contributed by atoms with van der Waals surface area (Å²) < 4.78 is 32.9. The Morgan fingerprint density at radius 3 is 2.76 bits per heavy atom. The van der Waals surface area contributed by atoms with Crippen LogP contribution in [0.15, 0.2) is 23.1 Å². The van der Waals surface area contributed by atoms with E-state index in [4.69, 9.17) is 4.74 Å². The highest BCUT2D eigenvalue weighted by molar-refractivity contribution is 7.89. The Balaban J connectivity index is 2.14. The minimum atomic E-state index is -3.45. The number of nitrogens with one attached hydrogen (secondary N) is 2. The van der Waals surface area contributed by atoms with E-state index in [1.165, 1.54) is 0 Å². The molecule has 0 saturated heterocycles. The predicted molar refractivity (Wildman–Crippen MR) is 82.9 cm³/mol. The number of sulfonamides is 1. The van der Waals surface area contributed by atoms with Crippen LogP contribution in [0.4, 0.5) is 0 Å². The van der Waals surface area contributed by atoms with Gasteiger partial charge >= 0.3 is 0 Å². The first-order valence-electron chi connectivity index (χ1n) is 7.35. The fraction of sp³-hybridized carbons (Fsp3) is 0.600. The van der Waals surface area contributed by atoms with Gasteiger partial charge in [-0.05, 0) is 44.0 Å². The summed E-state index contributed by atoms with van der Waals surface area (Å²) >= 11 is 0. The van der Waals surface area contributed by atoms with Crippen molar-refractivity contribution in [3.63, 3.8) is 0 Å². The molecule has 2 rings (SSSR count). The van der Waals surface area contributed by atoms with E-state index in [9.17, 15) is 8.42 Å². The lowest BCUT2D eigenvalue weighted by Gasteiger charge is -2.11. The van der Waals surface area contributed by atoms with Crippen LogP contribution in [0.3, 0.4) is 0 Å². The molecule has 0 spiro atoms. The van der Waals surface area contributed by atoms with E-state index < -0.39 is 10.0 Å². The molecule has 1 fully saturated rings. The van der Waals surface area contributed by atoms with Crippen LogP contribution in [-0.4, -0.2) is 28.6 Å². The molecule has 5 nitrogen and oxygen atoms in total. The van der Waals surface area contributed by atoms with Gasteiger partial charge in [0.2, 0.25) is 10.0 Å². The van der Waals surface area contributed by atoms with Crippen molar-refractivity contribution in [3.05, 3.63) is 23.8 Å². The topological polar surface area (TPSA) is 67.4 Å². The van der Waals surface area contributed by atoms with Gasteiger partial charge in [-0.3, -0.25) is 0 Å². The highest BCUT2D eigenvalue weighted by atomic mass is 32.2. The molecule has 2 atom stereocenters. The maximum absolute atomic E-state index is 12.4. The highest BCUT2D eigenvalue weighted by Gasteiger charge is 2.39. The largest absolute Gasteiger partial charge is 0.496 e. The van der Waals surface area contributed by atoms with E-state index in [1.807, 2.05) is 7.05 Å². The van der Waals surface area contributed by atoms with Crippen LogP contribution in [0.5, 0.6) is 5.75 Å². The molecule has 0 heterocycles. The third-order valence-electron chi connectivity index (χ3n) is 3.82. The van der Waals surface area contributed by atoms with Crippen molar-refractivity contribution in [1.82, 2.24) is 10.0 Å². The Kier molecular flexibility index (Phi) is 5.24. The highest BCUT2D eigenvalue weighted by Crippen LogP contribution is 2.36. The van der Waals surface area contributed by atoms with E-state index in [1.54, 1.807) is 25.3 Å². The van der Waals surface area contributed by atoms with Gasteiger partial charge in [-0.25, -0.2) is 13.1 Å². The molecule has 2 unspecified atom stereocenters. The molecule has 0 aliphatic heterocycles. The quantitative estimate of drug-likeness (QED) is 0.769. The second kappa shape index (κ2) is 6.77. The zero-order valence-corrected chi connectivity index (χ0v) is 13.7. The Morgan fingerprint density at radius 2 is 2.14 bits per heavy atom. The van der Waals surface area contributed by atoms with Crippen molar-refractivity contribution in [2.75, 3.05) is 14.2 Å². The first kappa shape index (κ1) is 16.3. The molecular formula is C15H24N2O3S. The van der Waals surface area contributed by atoms with Crippen LogP contribution in [0, 0.1) is 5.92 Å². The van der Waals surface area contributed by atoms with Crippen molar-refractivity contribution < 1.29 is 13.2 Å². The van der Waals surface area contributed by atoms with Crippen molar-refractivity contribution in [2.45, 2.75) is 43.7 Å². The summed E-state index contributed by atoms with van der Waals surface area (Å²) in [4.78, 5) is 0.302. The number of benzene rings is 1. The van der Waals surface area contributed by atoms with Gasteiger partial charge in [0.1, 0.15) is 5.75 Å². The summed E-state index contributed by atoms with van der Waals surface area (Å²) in [6.45, 7) is 2.69. The normalized spacial score (nSPS) is 21.3. The molecule has 1 aromatic carbocycles. The van der Waals surface area contributed by atoms with Gasteiger partial charge in [0.15, 0.2) is 0 Å². The Labute approximate surface area is 127 Å². The van der Waals surface area contributed by atoms with E-state index in [0.717, 1.165) is 24.8 Å². The molecule has 1 aromatic rings. The molecule has 1 saturated carbocycles. The second-order valence-electron chi connectivity index (χ2n) is 5.52. The number of hydrogen-bond donors (Lipinski definition) is 2. The average Bonchev–Trinajstić information content (AvgIpc) is 3.16. The molecule has 21 heavy (non-hydrogen) atoms. The molecule has 6 heteroatoms. The molecule has 0 aromatic heterocycles. The molecular weight excluding hydrogens is 288 g/mol. The number of ether oxygens (including phenoxy) is 1. The number of rotatable bonds is 8. The summed E-state index contributed by atoms with van der Waals surface area (Å²) in [6, 6.07) is 5.08. The first-order valence-corrected chi connectivity index (χ1v) is 8.84. The Morgan fingerprint density at radius 1 is 1.38 bits per heavy atom. The van der Waals surface area contributed by atoms with Gasteiger partial charge < -0.3 is 10.1 Å². The number of hydrogen-bond acceptors (Lipinski definition) is 4. The molecule has 118 valence electrons. The predicted octanol–water partition coefficient (Wildman–Crippen LogP) is 1.88. The standard InChI is InChI=1S/C15H24N2O3S/c1-4-5-11-9-14(11)17-21(18,19)13-6-7-15(20-3)12(8-13)10-16-2/h6-8,11,14,16-17H,4-5,9-10H2,1-3H3. The molecule has 0 radical (unpaired) electrons. The van der Waals surface area contributed by atoms with Crippen LogP contribution in [0.25, 0.3) is 0 Å². The third-order valence-corrected chi connectivity index (χ3v) is 5.31. The van der Waals surface area contributed by atoms with Gasteiger partial charge in [0.05, 0.1) is 12.0 Å². The maximum Gasteiger partial charge on any atom is 0.240 e. The van der Waals surface area contributed by atoms with Crippen molar-refractivity contribution >= 4 is 10.0 Å².